The lowest BCUT2D eigenvalue weighted by molar-refractivity contribution is -0.142. The number of benzene rings is 3. The van der Waals surface area contributed by atoms with E-state index in [1.807, 2.05) is 49.4 Å². The van der Waals surface area contributed by atoms with E-state index in [2.05, 4.69) is 5.32 Å². The normalized spacial score (nSPS) is 11.5. The van der Waals surface area contributed by atoms with Crippen molar-refractivity contribution in [2.45, 2.75) is 25.9 Å². The van der Waals surface area contributed by atoms with Crippen LogP contribution in [0.4, 0.5) is 0 Å². The summed E-state index contributed by atoms with van der Waals surface area (Å²) in [4.78, 5) is 28.1. The van der Waals surface area contributed by atoms with Gasteiger partial charge in [0.15, 0.2) is 6.61 Å². The highest BCUT2D eigenvalue weighted by atomic mass is 35.5. The van der Waals surface area contributed by atoms with Crippen LogP contribution in [0.25, 0.3) is 0 Å². The third kappa shape index (κ3) is 7.39. The summed E-state index contributed by atoms with van der Waals surface area (Å²) >= 11 is 18.2. The number of nitrogens with one attached hydrogen (secondary N) is 1. The van der Waals surface area contributed by atoms with E-state index < -0.39 is 6.04 Å². The van der Waals surface area contributed by atoms with Crippen molar-refractivity contribution in [3.63, 3.8) is 0 Å². The second-order valence-corrected chi connectivity index (χ2v) is 8.89. The van der Waals surface area contributed by atoms with Crippen LogP contribution in [-0.2, 0) is 22.6 Å². The van der Waals surface area contributed by atoms with E-state index in [-0.39, 0.29) is 25.0 Å². The number of hydrogen-bond acceptors (Lipinski definition) is 3. The smallest absolute Gasteiger partial charge is 0.261 e. The molecule has 178 valence electrons. The Balaban J connectivity index is 1.89. The highest BCUT2D eigenvalue weighted by molar-refractivity contribution is 6.35. The van der Waals surface area contributed by atoms with Crippen molar-refractivity contribution < 1.29 is 14.3 Å². The minimum atomic E-state index is -0.741. The summed E-state index contributed by atoms with van der Waals surface area (Å²) in [7, 11) is 0. The zero-order valence-electron chi connectivity index (χ0n) is 18.6. The minimum absolute atomic E-state index is 0.211. The van der Waals surface area contributed by atoms with Gasteiger partial charge in [-0.3, -0.25) is 9.59 Å². The first-order valence-electron chi connectivity index (χ1n) is 10.8. The van der Waals surface area contributed by atoms with Gasteiger partial charge in [-0.1, -0.05) is 77.3 Å². The van der Waals surface area contributed by atoms with Gasteiger partial charge in [-0.25, -0.2) is 0 Å². The van der Waals surface area contributed by atoms with Crippen LogP contribution in [0.3, 0.4) is 0 Å². The van der Waals surface area contributed by atoms with Crippen molar-refractivity contribution in [2.75, 3.05) is 13.2 Å². The van der Waals surface area contributed by atoms with Crippen molar-refractivity contribution in [1.29, 1.82) is 0 Å². The number of carbonyl (C=O) groups is 2. The van der Waals surface area contributed by atoms with Crippen LogP contribution in [0, 0.1) is 0 Å². The monoisotopic (exact) mass is 518 g/mol. The van der Waals surface area contributed by atoms with Crippen molar-refractivity contribution in [3.8, 4) is 5.75 Å². The van der Waals surface area contributed by atoms with Gasteiger partial charge in [0.1, 0.15) is 11.8 Å². The molecule has 0 aromatic heterocycles. The van der Waals surface area contributed by atoms with Crippen molar-refractivity contribution >= 4 is 46.6 Å². The zero-order chi connectivity index (χ0) is 24.5. The maximum absolute atomic E-state index is 13.4. The zero-order valence-corrected chi connectivity index (χ0v) is 20.9. The molecule has 0 aliphatic heterocycles. The summed E-state index contributed by atoms with van der Waals surface area (Å²) in [5.74, 6) is -0.255. The molecule has 5 nitrogen and oxygen atoms in total. The lowest BCUT2D eigenvalue weighted by Crippen LogP contribution is -2.51. The molecule has 0 radical (unpaired) electrons. The number of hydrogen-bond donors (Lipinski definition) is 1. The van der Waals surface area contributed by atoms with Gasteiger partial charge in [-0.05, 0) is 48.4 Å². The first-order valence-corrected chi connectivity index (χ1v) is 11.9. The molecule has 0 unspecified atom stereocenters. The number of halogens is 3. The summed E-state index contributed by atoms with van der Waals surface area (Å²) in [6, 6.07) is 20.8. The van der Waals surface area contributed by atoms with Crippen molar-refractivity contribution in [3.05, 3.63) is 99.0 Å². The molecule has 0 fully saturated rings. The number of ether oxygens (including phenoxy) is 1. The maximum Gasteiger partial charge on any atom is 0.261 e. The largest absolute Gasteiger partial charge is 0.482 e. The lowest BCUT2D eigenvalue weighted by Gasteiger charge is -2.31. The van der Waals surface area contributed by atoms with E-state index >= 15 is 0 Å². The predicted molar refractivity (Wildman–Crippen MR) is 137 cm³/mol. The Morgan fingerprint density at radius 3 is 2.24 bits per heavy atom. The number of rotatable bonds is 10. The standard InChI is InChI=1S/C26H25Cl3N2O3/c1-2-30-26(33)23(14-18-6-4-3-5-7-18)31(16-19-8-10-20(27)11-9-19)25(32)17-34-24-13-12-21(28)15-22(24)29/h3-13,15,23H,2,14,16-17H2,1H3,(H,30,33)/t23-/m0/s1. The third-order valence-corrected chi connectivity index (χ3v) is 5.92. The molecule has 3 rings (SSSR count). The third-order valence-electron chi connectivity index (χ3n) is 5.13. The van der Waals surface area contributed by atoms with Crippen LogP contribution in [-0.4, -0.2) is 35.9 Å². The molecule has 0 spiro atoms. The van der Waals surface area contributed by atoms with Crippen molar-refractivity contribution in [2.24, 2.45) is 0 Å². The van der Waals surface area contributed by atoms with E-state index in [4.69, 9.17) is 39.5 Å². The van der Waals surface area contributed by atoms with Gasteiger partial charge in [0.05, 0.1) is 5.02 Å². The molecule has 0 saturated carbocycles. The number of nitrogens with zero attached hydrogens (tertiary/aromatic N) is 1. The predicted octanol–water partition coefficient (Wildman–Crippen LogP) is 5.80. The fourth-order valence-corrected chi connectivity index (χ4v) is 4.04. The van der Waals surface area contributed by atoms with Crippen molar-refractivity contribution in [1.82, 2.24) is 10.2 Å². The topological polar surface area (TPSA) is 58.6 Å². The van der Waals surface area contributed by atoms with E-state index in [1.54, 1.807) is 30.3 Å². The molecule has 34 heavy (non-hydrogen) atoms. The molecule has 0 aliphatic carbocycles. The first-order chi connectivity index (χ1) is 16.4. The van der Waals surface area contributed by atoms with Gasteiger partial charge >= 0.3 is 0 Å². The van der Waals surface area contributed by atoms with Crippen LogP contribution < -0.4 is 10.1 Å². The van der Waals surface area contributed by atoms with Crippen LogP contribution in [0.5, 0.6) is 5.75 Å². The Labute approximate surface area is 214 Å². The number of carbonyl (C=O) groups excluding carboxylic acids is 2. The molecule has 3 aromatic carbocycles. The first kappa shape index (κ1) is 25.9. The van der Waals surface area contributed by atoms with E-state index in [1.165, 1.54) is 4.90 Å². The summed E-state index contributed by atoms with van der Waals surface area (Å²) < 4.78 is 5.70. The molecule has 0 saturated heterocycles. The molecule has 1 atom stereocenters. The maximum atomic E-state index is 13.4. The van der Waals surface area contributed by atoms with Crippen LogP contribution in [0.1, 0.15) is 18.1 Å². The second kappa shape index (κ2) is 12.7. The van der Waals surface area contributed by atoms with Gasteiger partial charge in [0.2, 0.25) is 5.91 Å². The fourth-order valence-electron chi connectivity index (χ4n) is 3.45. The summed E-state index contributed by atoms with van der Waals surface area (Å²) in [6.07, 6.45) is 0.355. The highest BCUT2D eigenvalue weighted by Gasteiger charge is 2.30. The average molecular weight is 520 g/mol. The Morgan fingerprint density at radius 1 is 0.912 bits per heavy atom. The van der Waals surface area contributed by atoms with Gasteiger partial charge < -0.3 is 15.0 Å². The Hall–Kier alpha value is -2.73. The fraction of sp³-hybridized carbons (Fsp3) is 0.231. The molecular formula is C26H25Cl3N2O3. The minimum Gasteiger partial charge on any atom is -0.482 e. The summed E-state index contributed by atoms with van der Waals surface area (Å²) in [5.41, 5.74) is 1.78. The molecule has 0 bridgehead atoms. The Bertz CT molecular complexity index is 1110. The van der Waals surface area contributed by atoms with Gasteiger partial charge in [0.25, 0.3) is 5.91 Å². The second-order valence-electron chi connectivity index (χ2n) is 7.61. The Kier molecular flexibility index (Phi) is 9.63. The summed E-state index contributed by atoms with van der Waals surface area (Å²) in [5, 5.41) is 4.21. The molecule has 1 N–H and O–H groups in total. The number of amides is 2. The molecule has 0 heterocycles. The molecule has 0 aliphatic rings. The van der Waals surface area contributed by atoms with Crippen LogP contribution >= 0.6 is 34.8 Å². The highest BCUT2D eigenvalue weighted by Crippen LogP contribution is 2.27. The van der Waals surface area contributed by atoms with E-state index in [0.29, 0.717) is 33.8 Å². The molecular weight excluding hydrogens is 495 g/mol. The Morgan fingerprint density at radius 2 is 1.59 bits per heavy atom. The van der Waals surface area contributed by atoms with Crippen LogP contribution in [0.15, 0.2) is 72.8 Å². The summed E-state index contributed by atoms with van der Waals surface area (Å²) in [6.45, 7) is 2.21. The van der Waals surface area contributed by atoms with E-state index in [0.717, 1.165) is 11.1 Å². The van der Waals surface area contributed by atoms with E-state index in [9.17, 15) is 9.59 Å². The molecule has 8 heteroatoms. The molecule has 2 amide bonds. The van der Waals surface area contributed by atoms with Crippen LogP contribution in [0.2, 0.25) is 15.1 Å². The number of likely N-dealkylation sites (N-methyl/N-ethyl adjacent to an activating group) is 1. The average Bonchev–Trinajstić information content (AvgIpc) is 2.82. The lowest BCUT2D eigenvalue weighted by atomic mass is 10.0. The van der Waals surface area contributed by atoms with Gasteiger partial charge in [-0.15, -0.1) is 0 Å². The molecule has 3 aromatic rings. The van der Waals surface area contributed by atoms with Gasteiger partial charge in [0, 0.05) is 29.6 Å². The van der Waals surface area contributed by atoms with Gasteiger partial charge in [-0.2, -0.15) is 0 Å². The quantitative estimate of drug-likeness (QED) is 0.368. The SMILES string of the molecule is CCNC(=O)[C@H](Cc1ccccc1)N(Cc1ccc(Cl)cc1)C(=O)COc1ccc(Cl)cc1Cl.